The summed E-state index contributed by atoms with van der Waals surface area (Å²) in [5, 5.41) is 4.86. The molecule has 0 atom stereocenters. The first-order valence-electron chi connectivity index (χ1n) is 17.2. The Kier molecular flexibility index (Phi) is 7.04. The Morgan fingerprint density at radius 2 is 0.961 bits per heavy atom. The minimum atomic E-state index is 0.898. The molecule has 2 heterocycles. The first-order valence-corrected chi connectivity index (χ1v) is 18.1. The van der Waals surface area contributed by atoms with Crippen LogP contribution in [0.25, 0.3) is 75.5 Å². The van der Waals surface area contributed by atoms with E-state index in [0.29, 0.717) is 0 Å². The number of para-hydroxylation sites is 1. The van der Waals surface area contributed by atoms with Gasteiger partial charge >= 0.3 is 0 Å². The molecule has 0 aliphatic rings. The quantitative estimate of drug-likeness (QED) is 0.175. The molecule has 0 amide bonds. The van der Waals surface area contributed by atoms with Crippen molar-refractivity contribution in [3.8, 4) is 33.4 Å². The Morgan fingerprint density at radius 1 is 0.353 bits per heavy atom. The van der Waals surface area contributed by atoms with E-state index in [2.05, 4.69) is 187 Å². The highest BCUT2D eigenvalue weighted by Gasteiger charge is 2.17. The molecule has 0 bridgehead atoms. The largest absolute Gasteiger partial charge is 0.455 e. The minimum absolute atomic E-state index is 0.898. The molecule has 0 radical (unpaired) electrons. The molecular weight excluding hydrogens is 639 g/mol. The number of rotatable bonds is 6. The molecule has 10 rings (SSSR count). The van der Waals surface area contributed by atoms with Crippen LogP contribution in [0.2, 0.25) is 0 Å². The topological polar surface area (TPSA) is 16.4 Å². The Bertz CT molecular complexity index is 2850. The van der Waals surface area contributed by atoms with E-state index in [0.717, 1.165) is 61.3 Å². The number of anilines is 3. The standard InChI is InChI=1S/C48H31NOS/c1-3-11-32(12-4-1)35-15-9-16-38(29-35)49(39-26-27-42-41-17-7-8-20-46(41)51-47(42)31-39)37-24-21-33(22-25-37)36-23-28-45-44(30-36)43-19-10-18-40(48(43)50-45)34-13-5-2-6-14-34/h1-31H. The molecule has 0 spiro atoms. The summed E-state index contributed by atoms with van der Waals surface area (Å²) in [5.41, 5.74) is 12.2. The normalized spacial score (nSPS) is 11.5. The van der Waals surface area contributed by atoms with Crippen LogP contribution in [0.1, 0.15) is 0 Å². The predicted octanol–water partition coefficient (Wildman–Crippen LogP) is 14.4. The summed E-state index contributed by atoms with van der Waals surface area (Å²) in [5.74, 6) is 0. The summed E-state index contributed by atoms with van der Waals surface area (Å²) in [6.07, 6.45) is 0. The third-order valence-corrected chi connectivity index (χ3v) is 11.0. The zero-order valence-corrected chi connectivity index (χ0v) is 28.5. The number of furan rings is 1. The van der Waals surface area contributed by atoms with Crippen LogP contribution < -0.4 is 4.90 Å². The summed E-state index contributed by atoms with van der Waals surface area (Å²) in [6.45, 7) is 0. The highest BCUT2D eigenvalue weighted by Crippen LogP contribution is 2.42. The third kappa shape index (κ3) is 5.18. The van der Waals surface area contributed by atoms with E-state index < -0.39 is 0 Å². The fourth-order valence-corrected chi connectivity index (χ4v) is 8.52. The van der Waals surface area contributed by atoms with Crippen molar-refractivity contribution in [2.24, 2.45) is 0 Å². The molecule has 51 heavy (non-hydrogen) atoms. The van der Waals surface area contributed by atoms with E-state index in [1.165, 1.54) is 31.3 Å². The van der Waals surface area contributed by atoms with E-state index in [4.69, 9.17) is 4.42 Å². The van der Waals surface area contributed by atoms with Gasteiger partial charge in [-0.15, -0.1) is 11.3 Å². The van der Waals surface area contributed by atoms with Crippen LogP contribution in [0, 0.1) is 0 Å². The summed E-state index contributed by atoms with van der Waals surface area (Å²) >= 11 is 1.85. The van der Waals surface area contributed by atoms with Gasteiger partial charge < -0.3 is 9.32 Å². The van der Waals surface area contributed by atoms with Crippen molar-refractivity contribution in [3.05, 3.63) is 188 Å². The van der Waals surface area contributed by atoms with E-state index in [1.807, 2.05) is 17.4 Å². The van der Waals surface area contributed by atoms with Gasteiger partial charge in [-0.1, -0.05) is 133 Å². The van der Waals surface area contributed by atoms with Crippen LogP contribution in [0.3, 0.4) is 0 Å². The molecule has 0 unspecified atom stereocenters. The number of fused-ring (bicyclic) bond motifs is 6. The SMILES string of the molecule is c1ccc(-c2cccc(N(c3ccc(-c4ccc5oc6c(-c7ccccc7)cccc6c5c4)cc3)c3ccc4c(c3)sc3ccccc34)c2)cc1. The van der Waals surface area contributed by atoms with Gasteiger partial charge in [0.15, 0.2) is 0 Å². The predicted molar refractivity (Wildman–Crippen MR) is 218 cm³/mol. The Labute approximate surface area is 300 Å². The smallest absolute Gasteiger partial charge is 0.143 e. The van der Waals surface area contributed by atoms with Crippen molar-refractivity contribution in [3.63, 3.8) is 0 Å². The van der Waals surface area contributed by atoms with Gasteiger partial charge in [-0.2, -0.15) is 0 Å². The maximum Gasteiger partial charge on any atom is 0.143 e. The summed E-state index contributed by atoms with van der Waals surface area (Å²) in [6, 6.07) is 67.4. The van der Waals surface area contributed by atoms with Crippen molar-refractivity contribution in [1.29, 1.82) is 0 Å². The molecule has 0 aliphatic heterocycles. The van der Waals surface area contributed by atoms with Crippen LogP contribution in [-0.2, 0) is 0 Å². The van der Waals surface area contributed by atoms with Crippen molar-refractivity contribution in [2.45, 2.75) is 0 Å². The van der Waals surface area contributed by atoms with Gasteiger partial charge in [-0.25, -0.2) is 0 Å². The maximum absolute atomic E-state index is 6.46. The fraction of sp³-hybridized carbons (Fsp3) is 0. The average molecular weight is 670 g/mol. The Hall–Kier alpha value is -6.42. The van der Waals surface area contributed by atoms with E-state index in [-0.39, 0.29) is 0 Å². The lowest BCUT2D eigenvalue weighted by Crippen LogP contribution is -2.09. The second kappa shape index (κ2) is 12.2. The Morgan fingerprint density at radius 3 is 1.80 bits per heavy atom. The fourth-order valence-electron chi connectivity index (χ4n) is 7.38. The molecule has 10 aromatic rings. The van der Waals surface area contributed by atoms with Gasteiger partial charge in [0, 0.05) is 53.6 Å². The van der Waals surface area contributed by atoms with Gasteiger partial charge in [0.1, 0.15) is 11.2 Å². The van der Waals surface area contributed by atoms with E-state index >= 15 is 0 Å². The van der Waals surface area contributed by atoms with Crippen LogP contribution in [-0.4, -0.2) is 0 Å². The summed E-state index contributed by atoms with van der Waals surface area (Å²) in [4.78, 5) is 2.37. The van der Waals surface area contributed by atoms with Crippen molar-refractivity contribution in [2.75, 3.05) is 4.90 Å². The summed E-state index contributed by atoms with van der Waals surface area (Å²) < 4.78 is 9.06. The Balaban J connectivity index is 1.07. The van der Waals surface area contributed by atoms with Gasteiger partial charge in [0.05, 0.1) is 0 Å². The molecule has 0 N–H and O–H groups in total. The van der Waals surface area contributed by atoms with Crippen LogP contribution in [0.5, 0.6) is 0 Å². The lowest BCUT2D eigenvalue weighted by Gasteiger charge is -2.26. The molecule has 0 saturated heterocycles. The number of nitrogens with zero attached hydrogens (tertiary/aromatic N) is 1. The first kappa shape index (κ1) is 29.5. The first-order chi connectivity index (χ1) is 25.3. The number of thiophene rings is 1. The molecule has 2 nitrogen and oxygen atoms in total. The molecule has 0 fully saturated rings. The second-order valence-corrected chi connectivity index (χ2v) is 14.0. The van der Waals surface area contributed by atoms with Crippen molar-refractivity contribution < 1.29 is 4.42 Å². The van der Waals surface area contributed by atoms with E-state index in [9.17, 15) is 0 Å². The third-order valence-electron chi connectivity index (χ3n) is 9.87. The molecule has 8 aromatic carbocycles. The molecule has 240 valence electrons. The molecule has 0 saturated carbocycles. The van der Waals surface area contributed by atoms with Crippen molar-refractivity contribution in [1.82, 2.24) is 0 Å². The highest BCUT2D eigenvalue weighted by molar-refractivity contribution is 7.25. The van der Waals surface area contributed by atoms with Gasteiger partial charge in [0.2, 0.25) is 0 Å². The lowest BCUT2D eigenvalue weighted by atomic mass is 10.00. The minimum Gasteiger partial charge on any atom is -0.455 e. The zero-order valence-electron chi connectivity index (χ0n) is 27.7. The highest BCUT2D eigenvalue weighted by atomic mass is 32.1. The van der Waals surface area contributed by atoms with Crippen molar-refractivity contribution >= 4 is 70.5 Å². The number of hydrogen-bond donors (Lipinski definition) is 0. The number of benzene rings is 8. The lowest BCUT2D eigenvalue weighted by molar-refractivity contribution is 0.670. The van der Waals surface area contributed by atoms with Crippen LogP contribution in [0.4, 0.5) is 17.1 Å². The molecule has 3 heteroatoms. The average Bonchev–Trinajstić information content (AvgIpc) is 3.77. The monoisotopic (exact) mass is 669 g/mol. The molecule has 2 aromatic heterocycles. The van der Waals surface area contributed by atoms with Gasteiger partial charge in [-0.05, 0) is 82.4 Å². The zero-order chi connectivity index (χ0) is 33.7. The number of hydrogen-bond acceptors (Lipinski definition) is 3. The summed E-state index contributed by atoms with van der Waals surface area (Å²) in [7, 11) is 0. The second-order valence-electron chi connectivity index (χ2n) is 12.9. The van der Waals surface area contributed by atoms with E-state index in [1.54, 1.807) is 0 Å². The molecule has 0 aliphatic carbocycles. The van der Waals surface area contributed by atoms with Gasteiger partial charge in [0.25, 0.3) is 0 Å². The molecular formula is C48H31NOS. The maximum atomic E-state index is 6.46. The van der Waals surface area contributed by atoms with Gasteiger partial charge in [-0.3, -0.25) is 0 Å². The van der Waals surface area contributed by atoms with Crippen LogP contribution >= 0.6 is 11.3 Å². The van der Waals surface area contributed by atoms with Crippen LogP contribution in [0.15, 0.2) is 192 Å².